The van der Waals surface area contributed by atoms with Crippen LogP contribution in [0, 0.1) is 0 Å². The summed E-state index contributed by atoms with van der Waals surface area (Å²) in [7, 11) is 0. The molecule has 0 unspecified atom stereocenters. The minimum atomic E-state index is -0.961. The molecule has 4 N–H and O–H groups in total. The molecule has 588 valence electrons. The van der Waals surface area contributed by atoms with E-state index in [-0.39, 0.29) is 5.56 Å². The Bertz CT molecular complexity index is 5670. The molecule has 9 heterocycles. The van der Waals surface area contributed by atoms with Gasteiger partial charge < -0.3 is 25.0 Å². The molecule has 0 saturated heterocycles. The number of nitrogens with one attached hydrogen (secondary N) is 3. The molecule has 10 heteroatoms. The number of allylic oxidation sites excluding steroid dienone is 12. The molecule has 0 fully saturated rings. The van der Waals surface area contributed by atoms with E-state index in [1.807, 2.05) is 12.1 Å². The second-order valence-electron chi connectivity index (χ2n) is 31.9. The molecule has 5 aromatic carbocycles. The summed E-state index contributed by atoms with van der Waals surface area (Å²) in [6.07, 6.45) is 58.6. The number of carboxylic acid groups (broad SMARTS) is 1. The Morgan fingerprint density at radius 3 is 1.18 bits per heavy atom. The van der Waals surface area contributed by atoms with Gasteiger partial charge in [0.25, 0.3) is 0 Å². The molecule has 0 atom stereocenters. The van der Waals surface area contributed by atoms with Crippen molar-refractivity contribution >= 4 is 122 Å². The predicted molar refractivity (Wildman–Crippen MR) is 494 cm³/mol. The van der Waals surface area contributed by atoms with Crippen LogP contribution in [0.5, 0.6) is 0 Å². The highest BCUT2D eigenvalue weighted by Crippen LogP contribution is 2.43. The minimum absolute atomic E-state index is 0.236. The normalized spacial score (nSPS) is 16.8. The number of anilines is 3. The zero-order valence-corrected chi connectivity index (χ0v) is 68.9. The molecule has 9 aromatic rings. The van der Waals surface area contributed by atoms with Crippen molar-refractivity contribution in [1.29, 1.82) is 0 Å². The number of rotatable bonds is 34. The van der Waals surface area contributed by atoms with Gasteiger partial charge in [-0.05, 0) is 267 Å². The smallest absolute Gasteiger partial charge is 0.335 e. The Balaban J connectivity index is 0.700. The Kier molecular flexibility index (Phi) is 26.1. The maximum Gasteiger partial charge on any atom is 0.335 e. The quantitative estimate of drug-likeness (QED) is 0.0235. The number of carbonyl (C=O) groups is 1. The summed E-state index contributed by atoms with van der Waals surface area (Å²) in [4.78, 5) is 48.3. The summed E-state index contributed by atoms with van der Waals surface area (Å²) in [5.74, 6) is -0.961. The van der Waals surface area contributed by atoms with E-state index in [1.165, 1.54) is 95.1 Å². The molecule has 4 aromatic heterocycles. The summed E-state index contributed by atoms with van der Waals surface area (Å²) in [6.45, 7) is 13.7. The van der Waals surface area contributed by atoms with Crippen LogP contribution < -0.4 is 4.90 Å². The average molecular weight is 1530 g/mol. The largest absolute Gasteiger partial charge is 0.478 e. The monoisotopic (exact) mass is 1530 g/mol. The van der Waals surface area contributed by atoms with Gasteiger partial charge in [-0.25, -0.2) is 24.7 Å². The van der Waals surface area contributed by atoms with Crippen LogP contribution in [-0.4, -0.2) is 47.4 Å². The lowest BCUT2D eigenvalue weighted by molar-refractivity contribution is 0.0696. The van der Waals surface area contributed by atoms with Crippen LogP contribution in [-0.2, 0) is 19.3 Å². The number of hydrogen-bond acceptors (Lipinski definition) is 6. The standard InChI is InChI=1S/C106H112N8O2/c1-7-13-19-25-84-79-47-48-80(71-79)104(101-68-65-98(111-101)87(28-22-16-10-4)95-62-59-92(108-95)85(26-20-14-8-2)91-58-57-90(84)107-91)76-43-35-72(36-44-76)31-33-74-39-51-81(52-40-74)114(83-55-49-78(50-56-83)106(115)116)82-53-41-75(42-54-82)34-32-73-37-45-77(46-38-73)105-102-69-66-99(112-102)88(29-23-17-11-5)96-63-60-93(109-96)86(27-21-15-9-3)94-61-64-97(110-94)89(30-24-18-12-6)100-67-70-103(105)113-100/h31-70,108-109,113H,7-30,71H2,1-6H3,(H,115,116)/b33-31+,34-32+,84-79-,90-84?,91-85-,92-85?,93-86?,94-86?,95-87?,96-88?,97-89?,98-87-,99-88?,100-89?,104-80-,104-101?,105-102?,105-103?. The van der Waals surface area contributed by atoms with Crippen molar-refractivity contribution in [1.82, 2.24) is 24.9 Å². The summed E-state index contributed by atoms with van der Waals surface area (Å²) in [5.41, 5.74) is 37.0. The lowest BCUT2D eigenvalue weighted by atomic mass is 9.91. The topological polar surface area (TPSA) is 138 Å². The van der Waals surface area contributed by atoms with Gasteiger partial charge in [0.15, 0.2) is 0 Å². The summed E-state index contributed by atoms with van der Waals surface area (Å²) in [5, 5.41) is 9.96. The molecule has 6 aliphatic rings. The van der Waals surface area contributed by atoms with Crippen molar-refractivity contribution in [2.45, 2.75) is 202 Å². The second-order valence-corrected chi connectivity index (χ2v) is 31.9. The van der Waals surface area contributed by atoms with Crippen molar-refractivity contribution in [2.24, 2.45) is 9.98 Å². The number of benzene rings is 5. The fraction of sp³-hybridized carbons (Fsp3) is 0.292. The van der Waals surface area contributed by atoms with Crippen LogP contribution >= 0.6 is 0 Å². The number of carboxylic acids is 1. The Hall–Kier alpha value is -11.8. The summed E-state index contributed by atoms with van der Waals surface area (Å²) in [6, 6.07) is 55.7. The SMILES string of the molecule is CCCCC/C1=C2\C=CC(=N2)/C(CCCCC)=C2C=C/C(=C(\c3ccc(/C=C/c4ccc(N(c5ccc(/C=C/c6ccc(-c7c8nc(c(CCCCC)c9ccc([nH]9)c(CCCCC)c9nc(c(CCCCC)c%10ccc7[nH]%10)C=C9)C=C8)cc6)cc5)c5ccc(C(=O)O)cc5)cc4)cc3)C3=N/C(=C(/CCCCC)c4ccc1[nH]4)C=C3)C/2. The number of unbranched alkanes of at least 4 members (excludes halogenated alkanes) is 12. The molecule has 1 aliphatic carbocycles. The number of H-pyrrole nitrogens is 3. The molecule has 0 radical (unpaired) electrons. The highest BCUT2D eigenvalue weighted by molar-refractivity contribution is 6.32. The number of aliphatic imine (C=N–C) groups is 2. The van der Waals surface area contributed by atoms with Crippen molar-refractivity contribution in [2.75, 3.05) is 4.90 Å². The van der Waals surface area contributed by atoms with E-state index < -0.39 is 5.97 Å². The molecule has 10 nitrogen and oxygen atoms in total. The van der Waals surface area contributed by atoms with E-state index in [9.17, 15) is 9.90 Å². The van der Waals surface area contributed by atoms with Crippen LogP contribution in [0.3, 0.4) is 0 Å². The van der Waals surface area contributed by atoms with E-state index in [0.29, 0.717) is 0 Å². The minimum Gasteiger partial charge on any atom is -0.478 e. The number of aromatic nitrogens is 5. The van der Waals surface area contributed by atoms with Gasteiger partial charge in [-0.2, -0.15) is 0 Å². The number of aromatic carboxylic acids is 1. The third-order valence-electron chi connectivity index (χ3n) is 23.6. The van der Waals surface area contributed by atoms with Gasteiger partial charge in [0.1, 0.15) is 0 Å². The first kappa shape index (κ1) is 79.5. The van der Waals surface area contributed by atoms with Crippen molar-refractivity contribution in [3.63, 3.8) is 0 Å². The van der Waals surface area contributed by atoms with Gasteiger partial charge in [0.2, 0.25) is 0 Å². The highest BCUT2D eigenvalue weighted by atomic mass is 16.4. The molecule has 16 bridgehead atoms. The van der Waals surface area contributed by atoms with E-state index >= 15 is 0 Å². The van der Waals surface area contributed by atoms with Crippen LogP contribution in [0.1, 0.15) is 272 Å². The van der Waals surface area contributed by atoms with Gasteiger partial charge in [-0.3, -0.25) is 0 Å². The highest BCUT2D eigenvalue weighted by Gasteiger charge is 2.27. The fourth-order valence-electron chi connectivity index (χ4n) is 17.1. The Morgan fingerprint density at radius 1 is 0.353 bits per heavy atom. The van der Waals surface area contributed by atoms with E-state index in [1.54, 1.807) is 12.1 Å². The van der Waals surface area contributed by atoms with Crippen molar-refractivity contribution in [3.8, 4) is 11.1 Å². The summed E-state index contributed by atoms with van der Waals surface area (Å²) >= 11 is 0. The van der Waals surface area contributed by atoms with Gasteiger partial charge in [-0.15, -0.1) is 0 Å². The van der Waals surface area contributed by atoms with Gasteiger partial charge in [0, 0.05) is 89.5 Å². The first-order valence-electron chi connectivity index (χ1n) is 43.4. The van der Waals surface area contributed by atoms with E-state index in [4.69, 9.17) is 20.0 Å². The zero-order valence-electron chi connectivity index (χ0n) is 68.9. The number of hydrogen-bond donors (Lipinski definition) is 4. The Morgan fingerprint density at radius 2 is 0.724 bits per heavy atom. The number of aromatic amines is 3. The van der Waals surface area contributed by atoms with Crippen molar-refractivity contribution in [3.05, 3.63) is 307 Å². The maximum absolute atomic E-state index is 12.2. The predicted octanol–water partition coefficient (Wildman–Crippen LogP) is 29.3. The van der Waals surface area contributed by atoms with Gasteiger partial charge in [-0.1, -0.05) is 228 Å². The first-order chi connectivity index (χ1) is 57.0. The third kappa shape index (κ3) is 18.5. The first-order valence-corrected chi connectivity index (χ1v) is 43.4. The molecule has 15 rings (SSSR count). The Labute approximate surface area is 687 Å². The van der Waals surface area contributed by atoms with Crippen LogP contribution in [0.25, 0.3) is 98.5 Å². The van der Waals surface area contributed by atoms with Gasteiger partial charge >= 0.3 is 5.97 Å². The molecule has 0 spiro atoms. The number of aryl methyl sites for hydroxylation is 3. The maximum atomic E-state index is 12.2. The van der Waals surface area contributed by atoms with Gasteiger partial charge in [0.05, 0.1) is 51.2 Å². The number of nitrogens with zero attached hydrogens (tertiary/aromatic N) is 5. The summed E-state index contributed by atoms with van der Waals surface area (Å²) < 4.78 is 0. The van der Waals surface area contributed by atoms with Crippen LogP contribution in [0.2, 0.25) is 0 Å². The molecular formula is C106H112N8O2. The van der Waals surface area contributed by atoms with Crippen LogP contribution in [0.15, 0.2) is 232 Å². The van der Waals surface area contributed by atoms with E-state index in [0.717, 1.165) is 251 Å². The molecule has 0 amide bonds. The molecule has 5 aliphatic heterocycles. The van der Waals surface area contributed by atoms with Crippen molar-refractivity contribution < 1.29 is 9.90 Å². The fourth-order valence-corrected chi connectivity index (χ4v) is 17.1. The molecular weight excluding hydrogens is 1420 g/mol. The molecule has 116 heavy (non-hydrogen) atoms. The zero-order chi connectivity index (χ0) is 79.7. The lowest BCUT2D eigenvalue weighted by Gasteiger charge is -2.26. The van der Waals surface area contributed by atoms with Crippen LogP contribution in [0.4, 0.5) is 17.1 Å². The third-order valence-corrected chi connectivity index (χ3v) is 23.6. The second kappa shape index (κ2) is 38.1. The lowest BCUT2D eigenvalue weighted by Crippen LogP contribution is -2.10. The van der Waals surface area contributed by atoms with E-state index in [2.05, 4.69) is 280 Å². The molecule has 0 saturated carbocycles. The number of fused-ring (bicyclic) bond motifs is 14. The average Bonchev–Trinajstić information content (AvgIpc) is 1.64.